The lowest BCUT2D eigenvalue weighted by Crippen LogP contribution is -2.42. The van der Waals surface area contributed by atoms with E-state index in [1.807, 2.05) is 17.0 Å². The summed E-state index contributed by atoms with van der Waals surface area (Å²) in [6.07, 6.45) is 3.42. The third-order valence-electron chi connectivity index (χ3n) is 4.23. The van der Waals surface area contributed by atoms with E-state index in [2.05, 4.69) is 10.3 Å². The quantitative estimate of drug-likeness (QED) is 0.894. The van der Waals surface area contributed by atoms with Crippen LogP contribution in [0.4, 0.5) is 5.82 Å². The molecule has 0 bridgehead atoms. The van der Waals surface area contributed by atoms with Gasteiger partial charge < -0.3 is 15.3 Å². The van der Waals surface area contributed by atoms with E-state index in [0.717, 1.165) is 24.2 Å². The number of carbonyl (C=O) groups excluding carboxylic acids is 1. The molecule has 0 atom stereocenters. The Bertz CT molecular complexity index is 680. The van der Waals surface area contributed by atoms with Crippen molar-refractivity contribution in [3.05, 3.63) is 58.7 Å². The van der Waals surface area contributed by atoms with Gasteiger partial charge in [0.25, 0.3) is 5.91 Å². The molecule has 5 nitrogen and oxygen atoms in total. The van der Waals surface area contributed by atoms with Gasteiger partial charge in [-0.2, -0.15) is 0 Å². The number of nitrogens with zero attached hydrogens (tertiary/aromatic N) is 2. The number of aromatic nitrogens is 1. The van der Waals surface area contributed by atoms with Crippen molar-refractivity contribution in [3.8, 4) is 0 Å². The normalized spacial score (nSPS) is 15.3. The van der Waals surface area contributed by atoms with Crippen LogP contribution in [0.5, 0.6) is 0 Å². The molecule has 1 fully saturated rings. The second kappa shape index (κ2) is 7.64. The minimum absolute atomic E-state index is 0.00151. The number of rotatable bonds is 4. The minimum Gasteiger partial charge on any atom is -0.392 e. The van der Waals surface area contributed by atoms with E-state index in [-0.39, 0.29) is 12.5 Å². The zero-order chi connectivity index (χ0) is 16.9. The first-order valence-corrected chi connectivity index (χ1v) is 8.40. The Morgan fingerprint density at radius 3 is 2.50 bits per heavy atom. The number of hydrogen-bond donors (Lipinski definition) is 2. The monoisotopic (exact) mass is 345 g/mol. The SMILES string of the molecule is O=C(c1ccc(Cl)cc1)N1CCC(Nc2ccc(CO)cn2)CC1. The standard InChI is InChI=1S/C18H20ClN3O2/c19-15-4-2-14(3-5-15)18(24)22-9-7-16(8-10-22)21-17-6-1-13(12-23)11-20-17/h1-6,11,16,23H,7-10,12H2,(H,20,21). The van der Waals surface area contributed by atoms with Crippen molar-refractivity contribution in [2.45, 2.75) is 25.5 Å². The van der Waals surface area contributed by atoms with Gasteiger partial charge in [0.05, 0.1) is 6.61 Å². The Balaban J connectivity index is 1.53. The highest BCUT2D eigenvalue weighted by Gasteiger charge is 2.23. The van der Waals surface area contributed by atoms with Crippen molar-refractivity contribution in [3.63, 3.8) is 0 Å². The van der Waals surface area contributed by atoms with Crippen molar-refractivity contribution in [1.29, 1.82) is 0 Å². The molecular weight excluding hydrogens is 326 g/mol. The fourth-order valence-electron chi connectivity index (χ4n) is 2.81. The van der Waals surface area contributed by atoms with Crippen LogP contribution in [0.2, 0.25) is 5.02 Å². The number of piperidine rings is 1. The van der Waals surface area contributed by atoms with Crippen LogP contribution >= 0.6 is 11.6 Å². The average Bonchev–Trinajstić information content (AvgIpc) is 2.63. The van der Waals surface area contributed by atoms with E-state index in [1.54, 1.807) is 30.5 Å². The van der Waals surface area contributed by atoms with Gasteiger partial charge in [-0.05, 0) is 48.7 Å². The highest BCUT2D eigenvalue weighted by atomic mass is 35.5. The van der Waals surface area contributed by atoms with Gasteiger partial charge in [0, 0.05) is 35.9 Å². The van der Waals surface area contributed by atoms with Gasteiger partial charge >= 0.3 is 0 Å². The summed E-state index contributed by atoms with van der Waals surface area (Å²) < 4.78 is 0. The van der Waals surface area contributed by atoms with E-state index in [4.69, 9.17) is 16.7 Å². The fraction of sp³-hybridized carbons (Fsp3) is 0.333. The Morgan fingerprint density at radius 1 is 1.21 bits per heavy atom. The van der Waals surface area contributed by atoms with Crippen LogP contribution in [-0.4, -0.2) is 40.0 Å². The maximum Gasteiger partial charge on any atom is 0.253 e. The lowest BCUT2D eigenvalue weighted by atomic mass is 10.0. The summed E-state index contributed by atoms with van der Waals surface area (Å²) in [7, 11) is 0. The number of aliphatic hydroxyl groups excluding tert-OH is 1. The zero-order valence-corrected chi connectivity index (χ0v) is 14.0. The molecule has 6 heteroatoms. The molecule has 1 amide bonds. The first-order valence-electron chi connectivity index (χ1n) is 8.03. The molecule has 1 saturated heterocycles. The van der Waals surface area contributed by atoms with Crippen LogP contribution in [-0.2, 0) is 6.61 Å². The lowest BCUT2D eigenvalue weighted by Gasteiger charge is -2.32. The number of aliphatic hydroxyl groups is 1. The van der Waals surface area contributed by atoms with Crippen LogP contribution in [0.3, 0.4) is 0 Å². The number of pyridine rings is 1. The van der Waals surface area contributed by atoms with Gasteiger partial charge in [0.15, 0.2) is 0 Å². The van der Waals surface area contributed by atoms with E-state index in [1.165, 1.54) is 0 Å². The van der Waals surface area contributed by atoms with Gasteiger partial charge in [0.2, 0.25) is 0 Å². The fourth-order valence-corrected chi connectivity index (χ4v) is 2.94. The third-order valence-corrected chi connectivity index (χ3v) is 4.48. The van der Waals surface area contributed by atoms with Crippen LogP contribution < -0.4 is 5.32 Å². The molecule has 1 aromatic carbocycles. The number of amides is 1. The summed E-state index contributed by atoms with van der Waals surface area (Å²) in [6, 6.07) is 11.0. The summed E-state index contributed by atoms with van der Waals surface area (Å²) in [5, 5.41) is 13.1. The largest absolute Gasteiger partial charge is 0.392 e. The number of carbonyl (C=O) groups is 1. The second-order valence-corrected chi connectivity index (χ2v) is 6.36. The number of anilines is 1. The Kier molecular flexibility index (Phi) is 5.33. The highest BCUT2D eigenvalue weighted by molar-refractivity contribution is 6.30. The predicted molar refractivity (Wildman–Crippen MR) is 94.2 cm³/mol. The van der Waals surface area contributed by atoms with E-state index in [0.29, 0.717) is 29.7 Å². The molecule has 0 saturated carbocycles. The summed E-state index contributed by atoms with van der Waals surface area (Å²) in [6.45, 7) is 1.43. The molecular formula is C18H20ClN3O2. The Hall–Kier alpha value is -2.11. The van der Waals surface area contributed by atoms with Crippen molar-refractivity contribution >= 4 is 23.3 Å². The average molecular weight is 346 g/mol. The number of benzene rings is 1. The smallest absolute Gasteiger partial charge is 0.253 e. The van der Waals surface area contributed by atoms with Crippen molar-refractivity contribution in [1.82, 2.24) is 9.88 Å². The molecule has 2 N–H and O–H groups in total. The van der Waals surface area contributed by atoms with Crippen LogP contribution in [0, 0.1) is 0 Å². The second-order valence-electron chi connectivity index (χ2n) is 5.93. The highest BCUT2D eigenvalue weighted by Crippen LogP contribution is 2.18. The minimum atomic E-state index is -0.00151. The molecule has 0 spiro atoms. The molecule has 1 aliphatic rings. The van der Waals surface area contributed by atoms with E-state index >= 15 is 0 Å². The molecule has 2 heterocycles. The molecule has 3 rings (SSSR count). The van der Waals surface area contributed by atoms with E-state index in [9.17, 15) is 4.79 Å². The van der Waals surface area contributed by atoms with Crippen molar-refractivity contribution in [2.24, 2.45) is 0 Å². The number of likely N-dealkylation sites (tertiary alicyclic amines) is 1. The first-order chi connectivity index (χ1) is 11.7. The number of halogens is 1. The number of hydrogen-bond acceptors (Lipinski definition) is 4. The lowest BCUT2D eigenvalue weighted by molar-refractivity contribution is 0.0718. The first kappa shape index (κ1) is 16.7. The van der Waals surface area contributed by atoms with Gasteiger partial charge in [-0.3, -0.25) is 4.79 Å². The molecule has 0 aliphatic carbocycles. The summed E-state index contributed by atoms with van der Waals surface area (Å²) in [5.74, 6) is 0.852. The maximum atomic E-state index is 12.5. The summed E-state index contributed by atoms with van der Waals surface area (Å²) in [4.78, 5) is 18.6. The molecule has 1 aliphatic heterocycles. The van der Waals surface area contributed by atoms with Crippen LogP contribution in [0.15, 0.2) is 42.6 Å². The Labute approximate surface area is 146 Å². The molecule has 0 unspecified atom stereocenters. The van der Waals surface area contributed by atoms with Crippen LogP contribution in [0.1, 0.15) is 28.8 Å². The third kappa shape index (κ3) is 4.04. The zero-order valence-electron chi connectivity index (χ0n) is 13.3. The maximum absolute atomic E-state index is 12.5. The van der Waals surface area contributed by atoms with Crippen molar-refractivity contribution in [2.75, 3.05) is 18.4 Å². The molecule has 2 aromatic rings. The van der Waals surface area contributed by atoms with Crippen LogP contribution in [0.25, 0.3) is 0 Å². The number of nitrogens with one attached hydrogen (secondary N) is 1. The topological polar surface area (TPSA) is 65.5 Å². The van der Waals surface area contributed by atoms with Gasteiger partial charge in [-0.1, -0.05) is 17.7 Å². The molecule has 24 heavy (non-hydrogen) atoms. The summed E-state index contributed by atoms with van der Waals surface area (Å²) >= 11 is 5.86. The summed E-state index contributed by atoms with van der Waals surface area (Å²) in [5.41, 5.74) is 1.47. The van der Waals surface area contributed by atoms with Gasteiger partial charge in [-0.25, -0.2) is 4.98 Å². The molecule has 1 aromatic heterocycles. The van der Waals surface area contributed by atoms with Gasteiger partial charge in [0.1, 0.15) is 5.82 Å². The Morgan fingerprint density at radius 2 is 1.92 bits per heavy atom. The predicted octanol–water partition coefficient (Wildman–Crippen LogP) is 2.94. The molecule has 126 valence electrons. The van der Waals surface area contributed by atoms with Gasteiger partial charge in [-0.15, -0.1) is 0 Å². The van der Waals surface area contributed by atoms with Crippen molar-refractivity contribution < 1.29 is 9.90 Å². The van der Waals surface area contributed by atoms with E-state index < -0.39 is 0 Å². The molecule has 0 radical (unpaired) electrons.